The summed E-state index contributed by atoms with van der Waals surface area (Å²) in [5.41, 5.74) is 5.61. The van der Waals surface area contributed by atoms with E-state index in [9.17, 15) is 13.2 Å². The van der Waals surface area contributed by atoms with E-state index in [1.165, 1.54) is 6.08 Å². The summed E-state index contributed by atoms with van der Waals surface area (Å²) in [6.45, 7) is 2.61. The molecule has 0 aromatic heterocycles. The van der Waals surface area contributed by atoms with Crippen molar-refractivity contribution in [3.05, 3.63) is 35.9 Å². The van der Waals surface area contributed by atoms with Crippen LogP contribution in [0.2, 0.25) is 0 Å². The quantitative estimate of drug-likeness (QED) is 0.879. The summed E-state index contributed by atoms with van der Waals surface area (Å²) in [5, 5.41) is 0. The second-order valence-electron chi connectivity index (χ2n) is 3.84. The van der Waals surface area contributed by atoms with E-state index < -0.39 is 12.2 Å². The normalized spacial score (nSPS) is 13.8. The largest absolute Gasteiger partial charge is 0.494 e. The molecule has 1 atom stereocenters. The minimum atomic E-state index is -4.40. The number of ether oxygens (including phenoxy) is 1. The number of halogens is 3. The maximum atomic E-state index is 12.2. The Morgan fingerprint density at radius 1 is 1.28 bits per heavy atom. The molecule has 0 aliphatic carbocycles. The van der Waals surface area contributed by atoms with Gasteiger partial charge in [0.15, 0.2) is 0 Å². The van der Waals surface area contributed by atoms with Gasteiger partial charge in [-0.1, -0.05) is 31.2 Å². The highest BCUT2D eigenvalue weighted by atomic mass is 19.4. The predicted octanol–water partition coefficient (Wildman–Crippen LogP) is 3.38. The van der Waals surface area contributed by atoms with Crippen LogP contribution in [0.1, 0.15) is 18.9 Å². The molecule has 0 heterocycles. The van der Waals surface area contributed by atoms with Crippen LogP contribution in [0, 0.1) is 0 Å². The van der Waals surface area contributed by atoms with Crippen LogP contribution in [0.25, 0.3) is 6.08 Å². The van der Waals surface area contributed by atoms with Crippen molar-refractivity contribution >= 4 is 6.08 Å². The molecule has 2 N–H and O–H groups in total. The summed E-state index contributed by atoms with van der Waals surface area (Å²) in [4.78, 5) is 0. The molecule has 1 aromatic carbocycles. The van der Waals surface area contributed by atoms with Gasteiger partial charge < -0.3 is 10.5 Å². The van der Waals surface area contributed by atoms with E-state index >= 15 is 0 Å². The predicted molar refractivity (Wildman–Crippen MR) is 65.3 cm³/mol. The average molecular weight is 259 g/mol. The molecule has 0 unspecified atom stereocenters. The van der Waals surface area contributed by atoms with Crippen LogP contribution in [0.4, 0.5) is 13.2 Å². The summed E-state index contributed by atoms with van der Waals surface area (Å²) in [6.07, 6.45) is -1.22. The Labute approximate surface area is 104 Å². The molecule has 0 fully saturated rings. The number of alkyl halides is 3. The molecule has 18 heavy (non-hydrogen) atoms. The lowest BCUT2D eigenvalue weighted by Crippen LogP contribution is -2.35. The number of nitrogens with two attached hydrogens (primary N) is 1. The lowest BCUT2D eigenvalue weighted by molar-refractivity contribution is -0.136. The standard InChI is InChI=1S/C13H16F3NO/c1-2-9-18-11-6-3-10(4-7-11)5-8-12(17)13(14,15)16/h3-8,12H,2,9,17H2,1H3/t12-/m0/s1. The van der Waals surface area contributed by atoms with Crippen LogP contribution in [0.15, 0.2) is 30.3 Å². The smallest absolute Gasteiger partial charge is 0.407 e. The van der Waals surface area contributed by atoms with Crippen molar-refractivity contribution in [3.63, 3.8) is 0 Å². The van der Waals surface area contributed by atoms with Crippen molar-refractivity contribution in [1.29, 1.82) is 0 Å². The molecule has 0 radical (unpaired) electrons. The number of hydrogen-bond acceptors (Lipinski definition) is 2. The van der Waals surface area contributed by atoms with Gasteiger partial charge in [-0.15, -0.1) is 0 Å². The van der Waals surface area contributed by atoms with Gasteiger partial charge in [-0.05, 0) is 24.1 Å². The van der Waals surface area contributed by atoms with Crippen molar-refractivity contribution in [2.24, 2.45) is 5.73 Å². The number of benzene rings is 1. The Kier molecular flexibility index (Phi) is 5.22. The highest BCUT2D eigenvalue weighted by molar-refractivity contribution is 5.51. The highest BCUT2D eigenvalue weighted by Crippen LogP contribution is 2.20. The fourth-order valence-electron chi connectivity index (χ4n) is 1.22. The van der Waals surface area contributed by atoms with Crippen LogP contribution in [-0.2, 0) is 0 Å². The van der Waals surface area contributed by atoms with Gasteiger partial charge in [0, 0.05) is 0 Å². The maximum absolute atomic E-state index is 12.2. The second-order valence-corrected chi connectivity index (χ2v) is 3.84. The molecule has 0 amide bonds. The SMILES string of the molecule is CCCOc1ccc(C=C[C@H](N)C(F)(F)F)cc1. The summed E-state index contributed by atoms with van der Waals surface area (Å²) in [5.74, 6) is 0.703. The third kappa shape index (κ3) is 4.79. The number of hydrogen-bond donors (Lipinski definition) is 1. The van der Waals surface area contributed by atoms with Gasteiger partial charge in [0.2, 0.25) is 0 Å². The lowest BCUT2D eigenvalue weighted by atomic mass is 10.1. The van der Waals surface area contributed by atoms with Gasteiger partial charge >= 0.3 is 6.18 Å². The topological polar surface area (TPSA) is 35.2 Å². The molecule has 0 saturated heterocycles. The Bertz CT molecular complexity index is 384. The van der Waals surface area contributed by atoms with Gasteiger partial charge in [0.1, 0.15) is 11.8 Å². The van der Waals surface area contributed by atoms with E-state index in [-0.39, 0.29) is 0 Å². The lowest BCUT2D eigenvalue weighted by Gasteiger charge is -2.10. The molecule has 2 nitrogen and oxygen atoms in total. The van der Waals surface area contributed by atoms with E-state index in [1.54, 1.807) is 24.3 Å². The van der Waals surface area contributed by atoms with Gasteiger partial charge in [-0.25, -0.2) is 0 Å². The molecule has 100 valence electrons. The van der Waals surface area contributed by atoms with E-state index in [4.69, 9.17) is 10.5 Å². The van der Waals surface area contributed by atoms with Crippen LogP contribution in [0.3, 0.4) is 0 Å². The summed E-state index contributed by atoms with van der Waals surface area (Å²) in [7, 11) is 0. The van der Waals surface area contributed by atoms with Crippen LogP contribution < -0.4 is 10.5 Å². The zero-order valence-electron chi connectivity index (χ0n) is 10.1. The van der Waals surface area contributed by atoms with Crippen molar-refractivity contribution in [1.82, 2.24) is 0 Å². The fraction of sp³-hybridized carbons (Fsp3) is 0.385. The molecular formula is C13H16F3NO. The molecule has 5 heteroatoms. The van der Waals surface area contributed by atoms with Crippen molar-refractivity contribution < 1.29 is 17.9 Å². The molecule has 0 aliphatic rings. The third-order valence-corrected chi connectivity index (χ3v) is 2.23. The van der Waals surface area contributed by atoms with Crippen LogP contribution in [-0.4, -0.2) is 18.8 Å². The Morgan fingerprint density at radius 2 is 1.89 bits per heavy atom. The van der Waals surface area contributed by atoms with Crippen molar-refractivity contribution in [2.45, 2.75) is 25.6 Å². The summed E-state index contributed by atoms with van der Waals surface area (Å²) >= 11 is 0. The minimum absolute atomic E-state index is 0.619. The molecule has 0 aliphatic heterocycles. The first-order valence-corrected chi connectivity index (χ1v) is 5.67. The first-order valence-electron chi connectivity index (χ1n) is 5.67. The molecular weight excluding hydrogens is 243 g/mol. The zero-order chi connectivity index (χ0) is 13.6. The molecule has 1 aromatic rings. The Morgan fingerprint density at radius 3 is 2.39 bits per heavy atom. The molecule has 0 saturated carbocycles. The second kappa shape index (κ2) is 6.44. The first-order chi connectivity index (χ1) is 8.43. The minimum Gasteiger partial charge on any atom is -0.494 e. The Balaban J connectivity index is 2.61. The first kappa shape index (κ1) is 14.6. The number of rotatable bonds is 5. The average Bonchev–Trinajstić information content (AvgIpc) is 2.33. The summed E-state index contributed by atoms with van der Waals surface area (Å²) in [6, 6.07) is 4.87. The van der Waals surface area contributed by atoms with Crippen LogP contribution >= 0.6 is 0 Å². The van der Waals surface area contributed by atoms with Crippen molar-refractivity contribution in [3.8, 4) is 5.75 Å². The van der Waals surface area contributed by atoms with E-state index in [0.29, 0.717) is 17.9 Å². The maximum Gasteiger partial charge on any atom is 0.407 e. The van der Waals surface area contributed by atoms with E-state index in [0.717, 1.165) is 12.5 Å². The monoisotopic (exact) mass is 259 g/mol. The highest BCUT2D eigenvalue weighted by Gasteiger charge is 2.34. The third-order valence-electron chi connectivity index (χ3n) is 2.23. The Hall–Kier alpha value is -1.49. The van der Waals surface area contributed by atoms with Gasteiger partial charge in [-0.2, -0.15) is 13.2 Å². The van der Waals surface area contributed by atoms with Crippen LogP contribution in [0.5, 0.6) is 5.75 Å². The van der Waals surface area contributed by atoms with E-state index in [2.05, 4.69) is 0 Å². The molecule has 0 bridgehead atoms. The molecule has 1 rings (SSSR count). The van der Waals surface area contributed by atoms with Gasteiger partial charge in [0.05, 0.1) is 6.61 Å². The van der Waals surface area contributed by atoms with Gasteiger partial charge in [0.25, 0.3) is 0 Å². The fourth-order valence-corrected chi connectivity index (χ4v) is 1.22. The van der Waals surface area contributed by atoms with Gasteiger partial charge in [-0.3, -0.25) is 0 Å². The van der Waals surface area contributed by atoms with E-state index in [1.807, 2.05) is 6.92 Å². The zero-order valence-corrected chi connectivity index (χ0v) is 10.1. The molecule has 0 spiro atoms. The van der Waals surface area contributed by atoms with Crippen molar-refractivity contribution in [2.75, 3.05) is 6.61 Å². The summed E-state index contributed by atoms with van der Waals surface area (Å²) < 4.78 is 41.8.